The highest BCUT2D eigenvalue weighted by molar-refractivity contribution is 9.10. The monoisotopic (exact) mass is 360 g/mol. The molecule has 0 aliphatic carbocycles. The number of carbonyl (C=O) groups is 1. The van der Waals surface area contributed by atoms with E-state index in [1.54, 1.807) is 6.07 Å². The number of sulfonamides is 1. The summed E-state index contributed by atoms with van der Waals surface area (Å²) in [4.78, 5) is 12.2. The minimum Gasteiger partial charge on any atom is -0.325 e. The Hall–Kier alpha value is -0.920. The lowest BCUT2D eigenvalue weighted by Gasteiger charge is -2.21. The van der Waals surface area contributed by atoms with E-state index in [-0.39, 0.29) is 5.91 Å². The number of halogens is 1. The molecule has 5 nitrogen and oxygen atoms in total. The van der Waals surface area contributed by atoms with Crippen molar-refractivity contribution in [3.05, 3.63) is 28.2 Å². The molecule has 0 spiro atoms. The number of hydrogen-bond acceptors (Lipinski definition) is 3. The van der Waals surface area contributed by atoms with E-state index in [0.29, 0.717) is 25.1 Å². The van der Waals surface area contributed by atoms with Gasteiger partial charge in [-0.05, 0) is 43.5 Å². The van der Waals surface area contributed by atoms with Gasteiger partial charge in [-0.1, -0.05) is 15.9 Å². The molecule has 1 aromatic rings. The molecule has 1 amide bonds. The summed E-state index contributed by atoms with van der Waals surface area (Å²) in [5.41, 5.74) is 1.69. The first-order valence-corrected chi connectivity index (χ1v) is 8.97. The minimum atomic E-state index is -3.34. The maximum atomic E-state index is 12.2. The number of aryl methyl sites for hydroxylation is 1. The molecule has 1 saturated heterocycles. The highest BCUT2D eigenvalue weighted by atomic mass is 79.9. The Kier molecular flexibility index (Phi) is 4.51. The fraction of sp³-hybridized carbons (Fsp3) is 0.462. The normalized spacial score (nSPS) is 20.1. The Morgan fingerprint density at radius 3 is 2.75 bits per heavy atom. The number of nitrogens with zero attached hydrogens (tertiary/aromatic N) is 1. The number of nitrogens with one attached hydrogen (secondary N) is 1. The zero-order valence-electron chi connectivity index (χ0n) is 11.4. The van der Waals surface area contributed by atoms with E-state index < -0.39 is 16.1 Å². The second-order valence-electron chi connectivity index (χ2n) is 4.98. The molecule has 1 N–H and O–H groups in total. The first kappa shape index (κ1) is 15.5. The largest absolute Gasteiger partial charge is 0.325 e. The van der Waals surface area contributed by atoms with Gasteiger partial charge in [-0.3, -0.25) is 4.79 Å². The molecule has 0 unspecified atom stereocenters. The Balaban J connectivity index is 2.13. The summed E-state index contributed by atoms with van der Waals surface area (Å²) in [6.07, 6.45) is 2.42. The van der Waals surface area contributed by atoms with Crippen molar-refractivity contribution in [3.63, 3.8) is 0 Å². The fourth-order valence-corrected chi connectivity index (χ4v) is 3.72. The van der Waals surface area contributed by atoms with E-state index in [4.69, 9.17) is 0 Å². The minimum absolute atomic E-state index is 0.269. The van der Waals surface area contributed by atoms with Crippen LogP contribution in [0, 0.1) is 6.92 Å². The van der Waals surface area contributed by atoms with Gasteiger partial charge in [-0.2, -0.15) is 4.31 Å². The van der Waals surface area contributed by atoms with Crippen LogP contribution in [0.25, 0.3) is 0 Å². The van der Waals surface area contributed by atoms with Crippen LogP contribution in [0.1, 0.15) is 18.4 Å². The Bertz CT molecular complexity index is 631. The molecular formula is C13H17BrN2O3S. The summed E-state index contributed by atoms with van der Waals surface area (Å²) < 4.78 is 25.5. The van der Waals surface area contributed by atoms with E-state index in [1.807, 2.05) is 19.1 Å². The van der Waals surface area contributed by atoms with Gasteiger partial charge in [-0.15, -0.1) is 0 Å². The van der Waals surface area contributed by atoms with Gasteiger partial charge >= 0.3 is 0 Å². The third-order valence-corrected chi connectivity index (χ3v) is 5.54. The van der Waals surface area contributed by atoms with Gasteiger partial charge < -0.3 is 5.32 Å². The molecule has 1 aliphatic rings. The third kappa shape index (κ3) is 3.39. The summed E-state index contributed by atoms with van der Waals surface area (Å²) in [6, 6.07) is 4.89. The molecule has 110 valence electrons. The van der Waals surface area contributed by atoms with Crippen molar-refractivity contribution in [3.8, 4) is 0 Å². The molecule has 7 heteroatoms. The summed E-state index contributed by atoms with van der Waals surface area (Å²) in [6.45, 7) is 2.34. The van der Waals surface area contributed by atoms with Crippen LogP contribution in [-0.2, 0) is 14.8 Å². The van der Waals surface area contributed by atoms with E-state index in [9.17, 15) is 13.2 Å². The molecule has 2 rings (SSSR count). The number of amides is 1. The molecule has 1 fully saturated rings. The fourth-order valence-electron chi connectivity index (χ4n) is 2.35. The predicted molar refractivity (Wildman–Crippen MR) is 82.1 cm³/mol. The molecule has 1 aromatic carbocycles. The predicted octanol–water partition coefficient (Wildman–Crippen LogP) is 2.12. The molecule has 0 aromatic heterocycles. The first-order valence-electron chi connectivity index (χ1n) is 6.33. The maximum Gasteiger partial charge on any atom is 0.242 e. The second-order valence-corrected chi connectivity index (χ2v) is 7.77. The maximum absolute atomic E-state index is 12.2. The summed E-state index contributed by atoms with van der Waals surface area (Å²) in [5, 5.41) is 2.79. The summed E-state index contributed by atoms with van der Waals surface area (Å²) >= 11 is 3.40. The highest BCUT2D eigenvalue weighted by Crippen LogP contribution is 2.24. The van der Waals surface area contributed by atoms with Gasteiger partial charge in [0.1, 0.15) is 6.04 Å². The van der Waals surface area contributed by atoms with Crippen molar-refractivity contribution in [2.75, 3.05) is 18.1 Å². The highest BCUT2D eigenvalue weighted by Gasteiger charge is 2.36. The number of benzene rings is 1. The molecule has 1 atom stereocenters. The number of anilines is 1. The van der Waals surface area contributed by atoms with Crippen LogP contribution in [0.4, 0.5) is 5.69 Å². The van der Waals surface area contributed by atoms with Crippen LogP contribution >= 0.6 is 15.9 Å². The summed E-state index contributed by atoms with van der Waals surface area (Å²) in [5.74, 6) is -0.269. The van der Waals surface area contributed by atoms with Crippen LogP contribution in [0.5, 0.6) is 0 Å². The second kappa shape index (κ2) is 5.83. The van der Waals surface area contributed by atoms with Crippen molar-refractivity contribution in [1.82, 2.24) is 4.31 Å². The smallest absolute Gasteiger partial charge is 0.242 e. The number of hydrogen-bond donors (Lipinski definition) is 1. The quantitative estimate of drug-likeness (QED) is 0.897. The molecule has 1 aliphatic heterocycles. The average Bonchev–Trinajstić information content (AvgIpc) is 2.83. The lowest BCUT2D eigenvalue weighted by Crippen LogP contribution is -2.42. The van der Waals surface area contributed by atoms with Gasteiger partial charge in [0.2, 0.25) is 15.9 Å². The first-order chi connectivity index (χ1) is 9.29. The molecule has 20 heavy (non-hydrogen) atoms. The van der Waals surface area contributed by atoms with Crippen LogP contribution in [-0.4, -0.2) is 37.5 Å². The van der Waals surface area contributed by atoms with Crippen LogP contribution < -0.4 is 5.32 Å². The van der Waals surface area contributed by atoms with Crippen LogP contribution in [0.2, 0.25) is 0 Å². The number of carbonyl (C=O) groups excluding carboxylic acids is 1. The van der Waals surface area contributed by atoms with Gasteiger partial charge in [0.25, 0.3) is 0 Å². The van der Waals surface area contributed by atoms with Gasteiger partial charge in [-0.25, -0.2) is 8.42 Å². The lowest BCUT2D eigenvalue weighted by molar-refractivity contribution is -0.119. The molecule has 0 saturated carbocycles. The Labute approximate surface area is 127 Å². The van der Waals surface area contributed by atoms with Crippen molar-refractivity contribution in [2.45, 2.75) is 25.8 Å². The van der Waals surface area contributed by atoms with Crippen LogP contribution in [0.15, 0.2) is 22.7 Å². The third-order valence-electron chi connectivity index (χ3n) is 3.36. The Morgan fingerprint density at radius 2 is 2.15 bits per heavy atom. The van der Waals surface area contributed by atoms with Gasteiger partial charge in [0.15, 0.2) is 0 Å². The van der Waals surface area contributed by atoms with Crippen molar-refractivity contribution in [1.29, 1.82) is 0 Å². The van der Waals surface area contributed by atoms with E-state index in [0.717, 1.165) is 16.3 Å². The zero-order chi connectivity index (χ0) is 14.9. The lowest BCUT2D eigenvalue weighted by atomic mass is 10.2. The molecule has 0 bridgehead atoms. The molecule has 0 radical (unpaired) electrons. The topological polar surface area (TPSA) is 66.5 Å². The standard InChI is InChI=1S/C13H17BrN2O3S/c1-9-8-10(5-6-11(9)14)15-13(17)12-4-3-7-16(12)20(2,18)19/h5-6,8,12H,3-4,7H2,1-2H3,(H,15,17)/t12-/m0/s1. The van der Waals surface area contributed by atoms with Crippen LogP contribution in [0.3, 0.4) is 0 Å². The SMILES string of the molecule is Cc1cc(NC(=O)[C@@H]2CCCN2S(C)(=O)=O)ccc1Br. The van der Waals surface area contributed by atoms with Crippen molar-refractivity contribution < 1.29 is 13.2 Å². The van der Waals surface area contributed by atoms with Gasteiger partial charge in [0, 0.05) is 16.7 Å². The zero-order valence-corrected chi connectivity index (χ0v) is 13.8. The Morgan fingerprint density at radius 1 is 1.45 bits per heavy atom. The summed E-state index contributed by atoms with van der Waals surface area (Å²) in [7, 11) is -3.34. The van der Waals surface area contributed by atoms with Gasteiger partial charge in [0.05, 0.1) is 6.26 Å². The van der Waals surface area contributed by atoms with Crippen molar-refractivity contribution in [2.24, 2.45) is 0 Å². The average molecular weight is 361 g/mol. The van der Waals surface area contributed by atoms with Crippen molar-refractivity contribution >= 4 is 37.5 Å². The van der Waals surface area contributed by atoms with E-state index in [1.165, 1.54) is 4.31 Å². The molecular weight excluding hydrogens is 344 g/mol. The number of rotatable bonds is 3. The molecule has 1 heterocycles. The van der Waals surface area contributed by atoms with E-state index in [2.05, 4.69) is 21.2 Å². The van der Waals surface area contributed by atoms with E-state index >= 15 is 0 Å².